The maximum atomic E-state index is 11.0. The van der Waals surface area contributed by atoms with Crippen LogP contribution < -0.4 is 5.32 Å². The Labute approximate surface area is 73.0 Å². The van der Waals surface area contributed by atoms with Gasteiger partial charge in [0, 0.05) is 17.1 Å². The van der Waals surface area contributed by atoms with Crippen molar-refractivity contribution in [3.05, 3.63) is 11.4 Å². The zero-order chi connectivity index (χ0) is 7.68. The Balaban J connectivity index is 2.32. The summed E-state index contributed by atoms with van der Waals surface area (Å²) in [5.41, 5.74) is 0. The van der Waals surface area contributed by atoms with Gasteiger partial charge in [0.25, 0.3) is 0 Å². The van der Waals surface area contributed by atoms with Gasteiger partial charge in [-0.3, -0.25) is 4.79 Å². The second-order valence-corrected chi connectivity index (χ2v) is 4.31. The highest BCUT2D eigenvalue weighted by atomic mass is 32.2. The van der Waals surface area contributed by atoms with E-state index in [2.05, 4.69) is 11.4 Å². The zero-order valence-electron chi connectivity index (χ0n) is 5.79. The van der Waals surface area contributed by atoms with E-state index < -0.39 is 0 Å². The van der Waals surface area contributed by atoms with Crippen molar-refractivity contribution in [1.82, 2.24) is 0 Å². The first-order valence-corrected chi connectivity index (χ1v) is 5.23. The molecule has 0 aromatic carbocycles. The first-order chi connectivity index (χ1) is 5.36. The van der Waals surface area contributed by atoms with Gasteiger partial charge in [-0.2, -0.15) is 0 Å². The van der Waals surface area contributed by atoms with E-state index in [0.717, 1.165) is 10.8 Å². The van der Waals surface area contributed by atoms with Crippen LogP contribution in [0.1, 0.15) is 6.42 Å². The highest BCUT2D eigenvalue weighted by Gasteiger charge is 2.13. The molecular weight excluding hydrogens is 178 g/mol. The number of hydrogen-bond acceptors (Lipinski definition) is 3. The van der Waals surface area contributed by atoms with Crippen molar-refractivity contribution in [2.45, 2.75) is 11.3 Å². The average molecular weight is 185 g/mol. The molecule has 0 aliphatic carbocycles. The van der Waals surface area contributed by atoms with E-state index in [9.17, 15) is 4.79 Å². The molecular formula is C7H7NOS2. The van der Waals surface area contributed by atoms with E-state index in [1.807, 2.05) is 5.38 Å². The Morgan fingerprint density at radius 1 is 1.55 bits per heavy atom. The third kappa shape index (κ3) is 1.41. The summed E-state index contributed by atoms with van der Waals surface area (Å²) in [5, 5.41) is 5.88. The van der Waals surface area contributed by atoms with Crippen LogP contribution in [0.2, 0.25) is 0 Å². The van der Waals surface area contributed by atoms with Crippen LogP contribution >= 0.6 is 23.1 Å². The quantitative estimate of drug-likeness (QED) is 0.671. The van der Waals surface area contributed by atoms with Gasteiger partial charge in [0.15, 0.2) is 0 Å². The van der Waals surface area contributed by atoms with E-state index in [-0.39, 0.29) is 5.91 Å². The minimum Gasteiger partial charge on any atom is -0.317 e. The molecule has 0 unspecified atom stereocenters. The molecule has 0 radical (unpaired) electrons. The van der Waals surface area contributed by atoms with E-state index in [1.54, 1.807) is 23.1 Å². The summed E-state index contributed by atoms with van der Waals surface area (Å²) in [6.45, 7) is 0. The summed E-state index contributed by atoms with van der Waals surface area (Å²) < 4.78 is 0. The summed E-state index contributed by atoms with van der Waals surface area (Å²) in [7, 11) is 0. The van der Waals surface area contributed by atoms with Crippen LogP contribution in [0.4, 0.5) is 5.00 Å². The van der Waals surface area contributed by atoms with Crippen LogP contribution in [-0.4, -0.2) is 11.7 Å². The topological polar surface area (TPSA) is 29.1 Å². The molecule has 1 amide bonds. The number of amides is 1. The lowest BCUT2D eigenvalue weighted by atomic mass is 10.4. The lowest BCUT2D eigenvalue weighted by Gasteiger charge is -1.96. The average Bonchev–Trinajstić information content (AvgIpc) is 2.31. The normalized spacial score (nSPS) is 16.9. The maximum absolute atomic E-state index is 11.0. The predicted octanol–water partition coefficient (Wildman–Crippen LogP) is 2.18. The molecule has 2 rings (SSSR count). The van der Waals surface area contributed by atoms with E-state index in [0.29, 0.717) is 6.42 Å². The van der Waals surface area contributed by atoms with Crippen LogP contribution in [0.5, 0.6) is 0 Å². The lowest BCUT2D eigenvalue weighted by Crippen LogP contribution is -2.08. The van der Waals surface area contributed by atoms with Crippen LogP contribution in [0.25, 0.3) is 0 Å². The van der Waals surface area contributed by atoms with Gasteiger partial charge in [0.1, 0.15) is 5.00 Å². The monoisotopic (exact) mass is 185 g/mol. The number of carbonyl (C=O) groups excluding carboxylic acids is 1. The fourth-order valence-corrected chi connectivity index (χ4v) is 2.90. The van der Waals surface area contributed by atoms with Crippen molar-refractivity contribution in [3.8, 4) is 0 Å². The number of rotatable bonds is 0. The van der Waals surface area contributed by atoms with Crippen molar-refractivity contribution in [3.63, 3.8) is 0 Å². The van der Waals surface area contributed by atoms with E-state index in [1.165, 1.54) is 4.90 Å². The molecule has 58 valence electrons. The van der Waals surface area contributed by atoms with Gasteiger partial charge in [-0.05, 0) is 11.4 Å². The zero-order valence-corrected chi connectivity index (χ0v) is 7.43. The maximum Gasteiger partial charge on any atom is 0.225 e. The third-order valence-electron chi connectivity index (χ3n) is 1.47. The molecule has 1 aliphatic rings. The van der Waals surface area contributed by atoms with Gasteiger partial charge in [0.2, 0.25) is 5.91 Å². The van der Waals surface area contributed by atoms with Crippen molar-refractivity contribution >= 4 is 34.0 Å². The Morgan fingerprint density at radius 3 is 3.36 bits per heavy atom. The molecule has 1 aliphatic heterocycles. The Bertz CT molecular complexity index is 282. The Hall–Kier alpha value is -0.480. The molecule has 0 atom stereocenters. The van der Waals surface area contributed by atoms with Crippen LogP contribution in [0.3, 0.4) is 0 Å². The first-order valence-electron chi connectivity index (χ1n) is 3.36. The number of carbonyl (C=O) groups is 1. The fourth-order valence-electron chi connectivity index (χ4n) is 0.945. The minimum absolute atomic E-state index is 0.138. The summed E-state index contributed by atoms with van der Waals surface area (Å²) in [6, 6.07) is 2.05. The molecule has 1 aromatic heterocycles. The number of nitrogens with one attached hydrogen (secondary N) is 1. The van der Waals surface area contributed by atoms with Crippen molar-refractivity contribution in [1.29, 1.82) is 0 Å². The van der Waals surface area contributed by atoms with E-state index >= 15 is 0 Å². The molecule has 0 fully saturated rings. The molecule has 0 saturated heterocycles. The third-order valence-corrected chi connectivity index (χ3v) is 3.49. The molecule has 0 bridgehead atoms. The molecule has 1 N–H and O–H groups in total. The highest BCUT2D eigenvalue weighted by molar-refractivity contribution is 7.99. The number of anilines is 1. The second-order valence-electron chi connectivity index (χ2n) is 2.26. The fraction of sp³-hybridized carbons (Fsp3) is 0.286. The largest absolute Gasteiger partial charge is 0.317 e. The molecule has 0 saturated carbocycles. The summed E-state index contributed by atoms with van der Waals surface area (Å²) in [6.07, 6.45) is 0.631. The SMILES string of the molecule is O=C1CCSc2ccsc2N1. The van der Waals surface area contributed by atoms with Gasteiger partial charge in [-0.1, -0.05) is 0 Å². The van der Waals surface area contributed by atoms with Gasteiger partial charge < -0.3 is 5.32 Å². The standard InChI is InChI=1S/C7H7NOS2/c9-6-2-4-10-5-1-3-11-7(5)8-6/h1,3H,2,4H2,(H,8,9). The Kier molecular flexibility index (Phi) is 1.87. The molecule has 11 heavy (non-hydrogen) atoms. The van der Waals surface area contributed by atoms with Gasteiger partial charge >= 0.3 is 0 Å². The second kappa shape index (κ2) is 2.87. The van der Waals surface area contributed by atoms with Gasteiger partial charge in [0.05, 0.1) is 0 Å². The first kappa shape index (κ1) is 7.18. The Morgan fingerprint density at radius 2 is 2.45 bits per heavy atom. The van der Waals surface area contributed by atoms with Crippen molar-refractivity contribution in [2.75, 3.05) is 11.1 Å². The number of thiophene rings is 1. The minimum atomic E-state index is 0.138. The lowest BCUT2D eigenvalue weighted by molar-refractivity contribution is -0.115. The van der Waals surface area contributed by atoms with Crippen LogP contribution in [0.15, 0.2) is 16.3 Å². The van der Waals surface area contributed by atoms with Crippen LogP contribution in [0, 0.1) is 0 Å². The molecule has 2 nitrogen and oxygen atoms in total. The highest BCUT2D eigenvalue weighted by Crippen LogP contribution is 2.34. The van der Waals surface area contributed by atoms with Gasteiger partial charge in [-0.25, -0.2) is 0 Å². The van der Waals surface area contributed by atoms with E-state index in [4.69, 9.17) is 0 Å². The smallest absolute Gasteiger partial charge is 0.225 e. The van der Waals surface area contributed by atoms with Crippen molar-refractivity contribution in [2.24, 2.45) is 0 Å². The van der Waals surface area contributed by atoms with Gasteiger partial charge in [-0.15, -0.1) is 23.1 Å². The summed E-state index contributed by atoms with van der Waals surface area (Å²) in [4.78, 5) is 12.2. The van der Waals surface area contributed by atoms with Crippen LogP contribution in [-0.2, 0) is 4.79 Å². The number of thioether (sulfide) groups is 1. The molecule has 2 heterocycles. The number of hydrogen-bond donors (Lipinski definition) is 1. The predicted molar refractivity (Wildman–Crippen MR) is 48.3 cm³/mol. The number of fused-ring (bicyclic) bond motifs is 1. The molecule has 4 heteroatoms. The summed E-state index contributed by atoms with van der Waals surface area (Å²) >= 11 is 3.34. The van der Waals surface area contributed by atoms with Crippen molar-refractivity contribution < 1.29 is 4.79 Å². The molecule has 0 spiro atoms. The summed E-state index contributed by atoms with van der Waals surface area (Å²) in [5.74, 6) is 1.04. The molecule has 1 aromatic rings.